The molecule has 0 aromatic heterocycles. The molecular formula is C9H10N2O. The van der Waals surface area contributed by atoms with Crippen molar-refractivity contribution in [2.45, 2.75) is 6.92 Å². The third-order valence-electron chi connectivity index (χ3n) is 1.47. The van der Waals surface area contributed by atoms with E-state index in [1.54, 1.807) is 6.92 Å². The summed E-state index contributed by atoms with van der Waals surface area (Å²) in [4.78, 5) is 14.0. The highest BCUT2D eigenvalue weighted by Crippen LogP contribution is 2.00. The number of primary amides is 1. The molecule has 0 spiro atoms. The van der Waals surface area contributed by atoms with Crippen LogP contribution < -0.4 is 5.73 Å². The molecule has 0 bridgehead atoms. The number of carbonyl (C=O) groups excluding carboxylic acids is 1. The lowest BCUT2D eigenvalue weighted by Crippen LogP contribution is -2.08. The summed E-state index contributed by atoms with van der Waals surface area (Å²) in [5.74, 6) is 0. The van der Waals surface area contributed by atoms with E-state index in [1.807, 2.05) is 30.3 Å². The minimum atomic E-state index is -0.656. The van der Waals surface area contributed by atoms with Crippen molar-refractivity contribution in [1.29, 1.82) is 0 Å². The van der Waals surface area contributed by atoms with Gasteiger partial charge in [-0.25, -0.2) is 4.79 Å². The fraction of sp³-hybridized carbons (Fsp3) is 0.111. The van der Waals surface area contributed by atoms with Crippen molar-refractivity contribution in [2.24, 2.45) is 10.7 Å². The average Bonchev–Trinajstić information content (AvgIpc) is 2.05. The highest BCUT2D eigenvalue weighted by Gasteiger charge is 1.96. The quantitative estimate of drug-likeness (QED) is 0.626. The van der Waals surface area contributed by atoms with Crippen molar-refractivity contribution in [2.75, 3.05) is 0 Å². The first-order chi connectivity index (χ1) is 5.70. The number of benzene rings is 1. The van der Waals surface area contributed by atoms with Gasteiger partial charge in [0.15, 0.2) is 0 Å². The molecule has 0 aliphatic carbocycles. The lowest BCUT2D eigenvalue weighted by molar-refractivity contribution is 0.256. The van der Waals surface area contributed by atoms with Gasteiger partial charge in [-0.3, -0.25) is 0 Å². The van der Waals surface area contributed by atoms with Crippen LogP contribution in [0.5, 0.6) is 0 Å². The monoisotopic (exact) mass is 162 g/mol. The number of carbonyl (C=O) groups is 1. The number of urea groups is 1. The maximum Gasteiger partial charge on any atom is 0.338 e. The van der Waals surface area contributed by atoms with E-state index in [2.05, 4.69) is 4.99 Å². The maximum absolute atomic E-state index is 10.4. The Morgan fingerprint density at radius 3 is 2.42 bits per heavy atom. The molecular weight excluding hydrogens is 152 g/mol. The van der Waals surface area contributed by atoms with Crippen LogP contribution in [0.2, 0.25) is 0 Å². The molecule has 1 rings (SSSR count). The van der Waals surface area contributed by atoms with Crippen LogP contribution in [0.3, 0.4) is 0 Å². The van der Waals surface area contributed by atoms with Crippen LogP contribution in [0.1, 0.15) is 12.5 Å². The summed E-state index contributed by atoms with van der Waals surface area (Å²) in [6.45, 7) is 1.75. The van der Waals surface area contributed by atoms with Crippen LogP contribution in [-0.2, 0) is 0 Å². The molecule has 0 aliphatic rings. The molecule has 0 unspecified atom stereocenters. The summed E-state index contributed by atoms with van der Waals surface area (Å²) in [5, 5.41) is 0. The summed E-state index contributed by atoms with van der Waals surface area (Å²) in [6.07, 6.45) is 0. The number of aliphatic imine (C=N–C) groups is 1. The minimum Gasteiger partial charge on any atom is -0.350 e. The van der Waals surface area contributed by atoms with Gasteiger partial charge in [-0.15, -0.1) is 0 Å². The van der Waals surface area contributed by atoms with Gasteiger partial charge < -0.3 is 5.73 Å². The van der Waals surface area contributed by atoms with E-state index < -0.39 is 6.03 Å². The van der Waals surface area contributed by atoms with E-state index in [0.29, 0.717) is 5.71 Å². The Morgan fingerprint density at radius 1 is 1.33 bits per heavy atom. The van der Waals surface area contributed by atoms with E-state index >= 15 is 0 Å². The standard InChI is InChI=1S/C9H10N2O/c1-7(11-9(10)12)8-5-3-2-4-6-8/h2-6H,1H3,(H2,10,12)/b11-7+. The third kappa shape index (κ3) is 2.20. The zero-order chi connectivity index (χ0) is 8.97. The Bertz CT molecular complexity index is 304. The molecule has 3 nitrogen and oxygen atoms in total. The summed E-state index contributed by atoms with van der Waals surface area (Å²) in [7, 11) is 0. The van der Waals surface area contributed by atoms with Gasteiger partial charge >= 0.3 is 6.03 Å². The molecule has 2 N–H and O–H groups in total. The molecule has 3 heteroatoms. The van der Waals surface area contributed by atoms with Crippen molar-refractivity contribution < 1.29 is 4.79 Å². The number of nitrogens with two attached hydrogens (primary N) is 1. The molecule has 12 heavy (non-hydrogen) atoms. The Labute approximate surface area is 70.9 Å². The van der Waals surface area contributed by atoms with Crippen molar-refractivity contribution in [3.63, 3.8) is 0 Å². The van der Waals surface area contributed by atoms with Gasteiger partial charge in [-0.05, 0) is 12.5 Å². The van der Waals surface area contributed by atoms with Crippen molar-refractivity contribution in [1.82, 2.24) is 0 Å². The molecule has 0 aliphatic heterocycles. The lowest BCUT2D eigenvalue weighted by Gasteiger charge is -1.96. The van der Waals surface area contributed by atoms with Crippen molar-refractivity contribution >= 4 is 11.7 Å². The fourth-order valence-corrected chi connectivity index (χ4v) is 0.909. The first kappa shape index (κ1) is 8.46. The van der Waals surface area contributed by atoms with Gasteiger partial charge in [0.1, 0.15) is 0 Å². The van der Waals surface area contributed by atoms with Crippen molar-refractivity contribution in [3.05, 3.63) is 35.9 Å². The topological polar surface area (TPSA) is 55.4 Å². The first-order valence-electron chi connectivity index (χ1n) is 3.60. The van der Waals surface area contributed by atoms with E-state index in [1.165, 1.54) is 0 Å². The fourth-order valence-electron chi connectivity index (χ4n) is 0.909. The third-order valence-corrected chi connectivity index (χ3v) is 1.47. The number of amides is 2. The predicted octanol–water partition coefficient (Wildman–Crippen LogP) is 1.57. The van der Waals surface area contributed by atoms with Crippen LogP contribution in [0, 0.1) is 0 Å². The van der Waals surface area contributed by atoms with Gasteiger partial charge in [-0.2, -0.15) is 4.99 Å². The van der Waals surface area contributed by atoms with Crippen LogP contribution in [0.25, 0.3) is 0 Å². The second kappa shape index (κ2) is 3.67. The van der Waals surface area contributed by atoms with Gasteiger partial charge in [-0.1, -0.05) is 30.3 Å². The zero-order valence-corrected chi connectivity index (χ0v) is 6.82. The average molecular weight is 162 g/mol. The Balaban J connectivity index is 2.93. The number of nitrogens with zero attached hydrogens (tertiary/aromatic N) is 1. The van der Waals surface area contributed by atoms with Gasteiger partial charge in [0.05, 0.1) is 5.71 Å². The Kier molecular flexibility index (Phi) is 2.58. The highest BCUT2D eigenvalue weighted by molar-refractivity contribution is 6.04. The van der Waals surface area contributed by atoms with Crippen molar-refractivity contribution in [3.8, 4) is 0 Å². The number of rotatable bonds is 1. The number of hydrogen-bond acceptors (Lipinski definition) is 1. The largest absolute Gasteiger partial charge is 0.350 e. The molecule has 2 amide bonds. The summed E-state index contributed by atoms with van der Waals surface area (Å²) < 4.78 is 0. The highest BCUT2D eigenvalue weighted by atomic mass is 16.2. The molecule has 0 heterocycles. The molecule has 0 saturated carbocycles. The Hall–Kier alpha value is -1.64. The molecule has 0 atom stereocenters. The smallest absolute Gasteiger partial charge is 0.338 e. The SMILES string of the molecule is C/C(=N\C(N)=O)c1ccccc1. The molecule has 0 saturated heterocycles. The first-order valence-corrected chi connectivity index (χ1v) is 3.60. The van der Waals surface area contributed by atoms with E-state index in [4.69, 9.17) is 5.73 Å². The Morgan fingerprint density at radius 2 is 1.92 bits per heavy atom. The van der Waals surface area contributed by atoms with E-state index in [0.717, 1.165) is 5.56 Å². The molecule has 0 fully saturated rings. The number of hydrogen-bond donors (Lipinski definition) is 1. The lowest BCUT2D eigenvalue weighted by atomic mass is 10.1. The van der Waals surface area contributed by atoms with Gasteiger partial charge in [0.2, 0.25) is 0 Å². The van der Waals surface area contributed by atoms with Gasteiger partial charge in [0.25, 0.3) is 0 Å². The summed E-state index contributed by atoms with van der Waals surface area (Å²) >= 11 is 0. The maximum atomic E-state index is 10.4. The van der Waals surface area contributed by atoms with E-state index in [9.17, 15) is 4.79 Å². The van der Waals surface area contributed by atoms with Crippen LogP contribution in [-0.4, -0.2) is 11.7 Å². The summed E-state index contributed by atoms with van der Waals surface area (Å²) in [5.41, 5.74) is 6.46. The minimum absolute atomic E-state index is 0.642. The van der Waals surface area contributed by atoms with Gasteiger partial charge in [0, 0.05) is 0 Å². The zero-order valence-electron chi connectivity index (χ0n) is 6.82. The molecule has 1 aromatic carbocycles. The summed E-state index contributed by atoms with van der Waals surface area (Å²) in [6, 6.07) is 8.77. The second-order valence-electron chi connectivity index (χ2n) is 2.40. The second-order valence-corrected chi connectivity index (χ2v) is 2.40. The van der Waals surface area contributed by atoms with Crippen LogP contribution in [0.15, 0.2) is 35.3 Å². The van der Waals surface area contributed by atoms with Crippen LogP contribution >= 0.6 is 0 Å². The molecule has 0 radical (unpaired) electrons. The predicted molar refractivity (Wildman–Crippen MR) is 48.2 cm³/mol. The normalized spacial score (nSPS) is 11.2. The molecule has 1 aromatic rings. The van der Waals surface area contributed by atoms with Crippen LogP contribution in [0.4, 0.5) is 4.79 Å². The molecule has 62 valence electrons. The van der Waals surface area contributed by atoms with E-state index in [-0.39, 0.29) is 0 Å².